The second-order valence-corrected chi connectivity index (χ2v) is 10.9. The van der Waals surface area contributed by atoms with Crippen LogP contribution in [0.1, 0.15) is 36.1 Å². The van der Waals surface area contributed by atoms with Gasteiger partial charge in [0.15, 0.2) is 0 Å². The predicted octanol–water partition coefficient (Wildman–Crippen LogP) is 7.37. The molecule has 0 aromatic heterocycles. The molecule has 0 spiro atoms. The number of thioether (sulfide) groups is 1. The number of aliphatic hydroxyl groups is 1. The average Bonchev–Trinajstić information content (AvgIpc) is 3.23. The van der Waals surface area contributed by atoms with Crippen LogP contribution in [0.2, 0.25) is 0 Å². The molecule has 3 atom stereocenters. The van der Waals surface area contributed by atoms with E-state index in [0.29, 0.717) is 22.7 Å². The number of thiocarbonyl (C=S) groups is 1. The van der Waals surface area contributed by atoms with E-state index >= 15 is 0 Å². The van der Waals surface area contributed by atoms with Crippen molar-refractivity contribution in [3.05, 3.63) is 114 Å². The summed E-state index contributed by atoms with van der Waals surface area (Å²) in [6.07, 6.45) is 0.362. The van der Waals surface area contributed by atoms with Gasteiger partial charge in [-0.1, -0.05) is 78.6 Å². The summed E-state index contributed by atoms with van der Waals surface area (Å²) in [5.41, 5.74) is 3.93. The lowest BCUT2D eigenvalue weighted by molar-refractivity contribution is 0.163. The van der Waals surface area contributed by atoms with E-state index in [0.717, 1.165) is 22.4 Å². The van der Waals surface area contributed by atoms with Crippen molar-refractivity contribution in [1.82, 2.24) is 0 Å². The third-order valence-corrected chi connectivity index (χ3v) is 8.30. The van der Waals surface area contributed by atoms with Gasteiger partial charge in [0.1, 0.15) is 21.6 Å². The molecule has 0 bridgehead atoms. The molecule has 4 nitrogen and oxygen atoms in total. The highest BCUT2D eigenvalue weighted by Crippen LogP contribution is 2.49. The summed E-state index contributed by atoms with van der Waals surface area (Å²) in [6, 6.07) is 28.0. The first kappa shape index (κ1) is 25.3. The smallest absolute Gasteiger partial charge is 0.141 e. The lowest BCUT2D eigenvalue weighted by Crippen LogP contribution is -2.29. The second-order valence-electron chi connectivity index (χ2n) is 9.04. The Morgan fingerprint density at radius 1 is 0.865 bits per heavy atom. The molecule has 4 aromatic rings. The first-order valence-corrected chi connectivity index (χ1v) is 13.3. The molecule has 0 aliphatic carbocycles. The minimum Gasteiger partial charge on any atom is -0.508 e. The number of benzene rings is 4. The van der Waals surface area contributed by atoms with Gasteiger partial charge in [-0.25, -0.2) is 4.39 Å². The summed E-state index contributed by atoms with van der Waals surface area (Å²) in [6.45, 7) is 0. The summed E-state index contributed by atoms with van der Waals surface area (Å²) < 4.78 is 14.0. The van der Waals surface area contributed by atoms with E-state index in [-0.39, 0.29) is 28.6 Å². The quantitative estimate of drug-likeness (QED) is 0.217. The highest BCUT2D eigenvalue weighted by molar-refractivity contribution is 8.24. The van der Waals surface area contributed by atoms with E-state index in [9.17, 15) is 19.7 Å². The van der Waals surface area contributed by atoms with Crippen molar-refractivity contribution in [1.29, 1.82) is 0 Å². The van der Waals surface area contributed by atoms with Gasteiger partial charge in [-0.15, -0.1) is 0 Å². The minimum absolute atomic E-state index is 0.0275. The Hall–Kier alpha value is -3.39. The van der Waals surface area contributed by atoms with Crippen LogP contribution < -0.4 is 4.90 Å². The number of nitrogens with zero attached hydrogens (tertiary/aromatic N) is 1. The van der Waals surface area contributed by atoms with Crippen LogP contribution in [0.3, 0.4) is 0 Å². The summed E-state index contributed by atoms with van der Waals surface area (Å²) in [4.78, 5) is 2.07. The van der Waals surface area contributed by atoms with Crippen molar-refractivity contribution in [3.8, 4) is 22.6 Å². The molecule has 1 aliphatic rings. The molecular formula is C30H26FNO3S2. The zero-order valence-electron chi connectivity index (χ0n) is 19.9. The fourth-order valence-electron chi connectivity index (χ4n) is 4.77. The third kappa shape index (κ3) is 5.49. The Kier molecular flexibility index (Phi) is 7.46. The van der Waals surface area contributed by atoms with Gasteiger partial charge in [0.25, 0.3) is 0 Å². The van der Waals surface area contributed by atoms with E-state index in [4.69, 9.17) is 12.2 Å². The van der Waals surface area contributed by atoms with Crippen molar-refractivity contribution >= 4 is 34.0 Å². The minimum atomic E-state index is -0.733. The molecule has 3 N–H and O–H groups in total. The van der Waals surface area contributed by atoms with Gasteiger partial charge < -0.3 is 20.2 Å². The fraction of sp³-hybridized carbons (Fsp3) is 0.167. The van der Waals surface area contributed by atoms with E-state index in [1.54, 1.807) is 48.2 Å². The molecule has 0 amide bonds. The summed E-state index contributed by atoms with van der Waals surface area (Å²) in [5, 5.41) is 31.8. The Morgan fingerprint density at radius 3 is 2.30 bits per heavy atom. The molecule has 4 aromatic carbocycles. The Bertz CT molecular complexity index is 1400. The molecule has 7 heteroatoms. The molecule has 1 unspecified atom stereocenters. The molecule has 1 aliphatic heterocycles. The Labute approximate surface area is 225 Å². The van der Waals surface area contributed by atoms with Gasteiger partial charge in [-0.2, -0.15) is 0 Å². The molecule has 5 rings (SSSR count). The largest absolute Gasteiger partial charge is 0.508 e. The zero-order valence-corrected chi connectivity index (χ0v) is 21.5. The molecule has 37 heavy (non-hydrogen) atoms. The summed E-state index contributed by atoms with van der Waals surface area (Å²) in [5.74, 6) is -0.0364. The topological polar surface area (TPSA) is 63.9 Å². The van der Waals surface area contributed by atoms with Crippen LogP contribution in [0.15, 0.2) is 97.1 Å². The monoisotopic (exact) mass is 531 g/mol. The number of rotatable bonds is 7. The Balaban J connectivity index is 1.46. The number of halogens is 1. The van der Waals surface area contributed by atoms with E-state index in [1.165, 1.54) is 12.1 Å². The number of anilines is 1. The lowest BCUT2D eigenvalue weighted by Gasteiger charge is -2.30. The predicted molar refractivity (Wildman–Crippen MR) is 151 cm³/mol. The van der Waals surface area contributed by atoms with Crippen LogP contribution >= 0.6 is 24.0 Å². The number of phenols is 2. The van der Waals surface area contributed by atoms with Crippen LogP contribution in [0.4, 0.5) is 10.1 Å². The molecule has 1 saturated heterocycles. The second kappa shape index (κ2) is 10.9. The highest BCUT2D eigenvalue weighted by atomic mass is 32.2. The zero-order chi connectivity index (χ0) is 25.9. The fourth-order valence-corrected chi connectivity index (χ4v) is 6.61. The van der Waals surface area contributed by atoms with Crippen molar-refractivity contribution in [3.63, 3.8) is 0 Å². The molecular weight excluding hydrogens is 505 g/mol. The average molecular weight is 532 g/mol. The molecule has 1 heterocycles. The van der Waals surface area contributed by atoms with Crippen molar-refractivity contribution in [2.75, 3.05) is 4.90 Å². The van der Waals surface area contributed by atoms with E-state index in [2.05, 4.69) is 4.90 Å². The SMILES string of the molecule is Oc1cccc(-c2ccc([C@@H]3[C@H](CCC(O)c4ccc(F)cc4)SC(=S)N3c3ccccc3)c(O)c2)c1. The van der Waals surface area contributed by atoms with Gasteiger partial charge in [0, 0.05) is 16.5 Å². The van der Waals surface area contributed by atoms with Crippen LogP contribution in [0.25, 0.3) is 11.1 Å². The summed E-state index contributed by atoms with van der Waals surface area (Å²) >= 11 is 7.36. The molecule has 0 radical (unpaired) electrons. The summed E-state index contributed by atoms with van der Waals surface area (Å²) in [7, 11) is 0. The maximum atomic E-state index is 13.3. The van der Waals surface area contributed by atoms with Crippen LogP contribution in [-0.2, 0) is 0 Å². The molecule has 0 saturated carbocycles. The van der Waals surface area contributed by atoms with Crippen molar-refractivity contribution < 1.29 is 19.7 Å². The van der Waals surface area contributed by atoms with Gasteiger partial charge in [-0.3, -0.25) is 0 Å². The van der Waals surface area contributed by atoms with E-state index < -0.39 is 6.10 Å². The number of phenolic OH excluding ortho intramolecular Hbond substituents is 2. The lowest BCUT2D eigenvalue weighted by atomic mass is 9.93. The maximum absolute atomic E-state index is 13.3. The van der Waals surface area contributed by atoms with Gasteiger partial charge in [0.05, 0.1) is 12.1 Å². The van der Waals surface area contributed by atoms with Gasteiger partial charge >= 0.3 is 0 Å². The molecule has 1 fully saturated rings. The first-order valence-electron chi connectivity index (χ1n) is 12.0. The Morgan fingerprint density at radius 2 is 1.59 bits per heavy atom. The van der Waals surface area contributed by atoms with Crippen LogP contribution in [-0.4, -0.2) is 24.9 Å². The number of hydrogen-bond acceptors (Lipinski definition) is 5. The van der Waals surface area contributed by atoms with Crippen molar-refractivity contribution in [2.24, 2.45) is 0 Å². The maximum Gasteiger partial charge on any atom is 0.141 e. The standard InChI is InChI=1S/C30H26FNO3S2/c31-22-12-9-19(10-13-22)26(34)15-16-28-29(32(30(36)37-28)23-6-2-1-3-7-23)25-14-11-21(18-27(25)35)20-5-4-8-24(33)17-20/h1-14,17-18,26,28-29,33-35H,15-16H2/t26?,28-,29+/m0/s1. The third-order valence-electron chi connectivity index (χ3n) is 6.62. The van der Waals surface area contributed by atoms with Gasteiger partial charge in [0.2, 0.25) is 0 Å². The normalized spacial score (nSPS) is 18.2. The van der Waals surface area contributed by atoms with E-state index in [1.807, 2.05) is 48.5 Å². The van der Waals surface area contributed by atoms with Crippen LogP contribution in [0.5, 0.6) is 11.5 Å². The van der Waals surface area contributed by atoms with Crippen LogP contribution in [0, 0.1) is 5.82 Å². The number of hydrogen-bond donors (Lipinski definition) is 3. The van der Waals surface area contributed by atoms with Crippen molar-refractivity contribution in [2.45, 2.75) is 30.2 Å². The number of aromatic hydroxyl groups is 2. The highest BCUT2D eigenvalue weighted by Gasteiger charge is 2.41. The van der Waals surface area contributed by atoms with Gasteiger partial charge in [-0.05, 0) is 72.0 Å². The molecule has 188 valence electrons. The number of para-hydroxylation sites is 1. The first-order chi connectivity index (χ1) is 17.9. The number of aliphatic hydroxyl groups excluding tert-OH is 1.